The zero-order chi connectivity index (χ0) is 6.69. The van der Waals surface area contributed by atoms with E-state index in [0.29, 0.717) is 10.2 Å². The van der Waals surface area contributed by atoms with Gasteiger partial charge in [0.25, 0.3) is 0 Å². The predicted octanol–water partition coefficient (Wildman–Crippen LogP) is 1.29. The first-order valence-electron chi connectivity index (χ1n) is 2.31. The van der Waals surface area contributed by atoms with E-state index in [1.165, 1.54) is 11.8 Å². The summed E-state index contributed by atoms with van der Waals surface area (Å²) in [5.41, 5.74) is 0. The van der Waals surface area contributed by atoms with E-state index in [4.69, 9.17) is 0 Å². The highest BCUT2D eigenvalue weighted by Crippen LogP contribution is 2.08. The normalized spacial score (nSPS) is 9.56. The minimum atomic E-state index is 0.661. The minimum absolute atomic E-state index is 0.661. The smallest absolute Gasteiger partial charge is 0.188 e. The summed E-state index contributed by atoms with van der Waals surface area (Å²) in [5.74, 6) is 0. The molecule has 0 N–H and O–H groups in total. The molecule has 0 aliphatic rings. The van der Waals surface area contributed by atoms with Gasteiger partial charge in [-0.2, -0.15) is 0 Å². The number of thiol groups is 1. The molecule has 1 radical (unpaired) electrons. The third kappa shape index (κ3) is 1.87. The second-order valence-electron chi connectivity index (χ2n) is 1.34. The van der Waals surface area contributed by atoms with Crippen molar-refractivity contribution in [3.8, 4) is 0 Å². The van der Waals surface area contributed by atoms with Crippen molar-refractivity contribution in [3.63, 3.8) is 0 Å². The highest BCUT2D eigenvalue weighted by molar-refractivity contribution is 7.98. The Labute approximate surface area is 63.5 Å². The summed E-state index contributed by atoms with van der Waals surface area (Å²) in [5, 5.41) is 1.37. The molecule has 2 nitrogen and oxygen atoms in total. The molecule has 0 atom stereocenters. The number of aromatic nitrogens is 2. The van der Waals surface area contributed by atoms with Gasteiger partial charge in [0.1, 0.15) is 0 Å². The quantitative estimate of drug-likeness (QED) is 0.288. The van der Waals surface area contributed by atoms with Crippen LogP contribution >= 0.6 is 24.4 Å². The Hall–Kier alpha value is -0.220. The average molecular weight is 157 g/mol. The number of rotatable bonds is 1. The van der Waals surface area contributed by atoms with Crippen molar-refractivity contribution in [1.29, 1.82) is 0 Å². The summed E-state index contributed by atoms with van der Waals surface area (Å²) in [4.78, 5) is 7.81. The van der Waals surface area contributed by atoms with Gasteiger partial charge in [-0.15, -0.1) is 12.6 Å². The van der Waals surface area contributed by atoms with Gasteiger partial charge in [-0.1, -0.05) is 11.8 Å². The van der Waals surface area contributed by atoms with E-state index >= 15 is 0 Å². The molecule has 47 valence electrons. The number of nitrogens with zero attached hydrogens (tertiary/aromatic N) is 2. The van der Waals surface area contributed by atoms with Crippen molar-refractivity contribution in [2.45, 2.75) is 10.2 Å². The SMILES string of the molecule is CSc1n[c]cc(S)n1. The summed E-state index contributed by atoms with van der Waals surface area (Å²) >= 11 is 5.49. The van der Waals surface area contributed by atoms with Crippen LogP contribution in [0.2, 0.25) is 0 Å². The number of hydrogen-bond donors (Lipinski definition) is 1. The first-order valence-corrected chi connectivity index (χ1v) is 3.98. The molecular formula is C5H5N2S2. The van der Waals surface area contributed by atoms with E-state index in [-0.39, 0.29) is 0 Å². The van der Waals surface area contributed by atoms with Crippen molar-refractivity contribution < 1.29 is 0 Å². The Morgan fingerprint density at radius 1 is 1.78 bits per heavy atom. The molecule has 0 spiro atoms. The van der Waals surface area contributed by atoms with Crippen molar-refractivity contribution in [1.82, 2.24) is 9.97 Å². The molecule has 0 unspecified atom stereocenters. The number of hydrogen-bond acceptors (Lipinski definition) is 4. The van der Waals surface area contributed by atoms with Crippen LogP contribution in [-0.4, -0.2) is 16.2 Å². The summed E-state index contributed by atoms with van der Waals surface area (Å²) in [7, 11) is 0. The van der Waals surface area contributed by atoms with Crippen molar-refractivity contribution >= 4 is 24.4 Å². The maximum Gasteiger partial charge on any atom is 0.188 e. The van der Waals surface area contributed by atoms with Crippen LogP contribution in [0.15, 0.2) is 16.2 Å². The van der Waals surface area contributed by atoms with Crippen LogP contribution in [0.1, 0.15) is 0 Å². The molecule has 1 aromatic heterocycles. The monoisotopic (exact) mass is 157 g/mol. The molecule has 0 aromatic carbocycles. The Kier molecular flexibility index (Phi) is 2.36. The number of thioether (sulfide) groups is 1. The zero-order valence-corrected chi connectivity index (χ0v) is 6.54. The minimum Gasteiger partial charge on any atom is -0.221 e. The van der Waals surface area contributed by atoms with Gasteiger partial charge in [0.15, 0.2) is 5.16 Å². The average Bonchev–Trinajstić information content (AvgIpc) is 1.88. The highest BCUT2D eigenvalue weighted by atomic mass is 32.2. The van der Waals surface area contributed by atoms with Gasteiger partial charge in [0.05, 0.1) is 11.2 Å². The van der Waals surface area contributed by atoms with E-state index in [1.807, 2.05) is 6.26 Å². The van der Waals surface area contributed by atoms with Gasteiger partial charge in [-0.25, -0.2) is 9.97 Å². The van der Waals surface area contributed by atoms with E-state index in [1.54, 1.807) is 6.07 Å². The fourth-order valence-corrected chi connectivity index (χ4v) is 0.946. The standard InChI is InChI=1S/C5H5N2S2/c1-9-5-6-3-2-4(8)7-5/h2H,1H3,(H,6,7,8). The zero-order valence-electron chi connectivity index (χ0n) is 4.83. The Morgan fingerprint density at radius 2 is 2.56 bits per heavy atom. The molecule has 0 amide bonds. The molecule has 0 fully saturated rings. The summed E-state index contributed by atoms with van der Waals surface area (Å²) in [6.07, 6.45) is 4.58. The Morgan fingerprint density at radius 3 is 3.00 bits per heavy atom. The van der Waals surface area contributed by atoms with Crippen LogP contribution in [0.4, 0.5) is 0 Å². The molecule has 0 aliphatic carbocycles. The maximum absolute atomic E-state index is 4.01. The molecular weight excluding hydrogens is 152 g/mol. The summed E-state index contributed by atoms with van der Waals surface area (Å²) in [6.45, 7) is 0. The summed E-state index contributed by atoms with van der Waals surface area (Å²) < 4.78 is 0. The largest absolute Gasteiger partial charge is 0.221 e. The molecule has 1 aromatic rings. The highest BCUT2D eigenvalue weighted by Gasteiger charge is 1.91. The first-order chi connectivity index (χ1) is 4.33. The molecule has 1 rings (SSSR count). The molecule has 0 saturated carbocycles. The molecule has 9 heavy (non-hydrogen) atoms. The van der Waals surface area contributed by atoms with Crippen molar-refractivity contribution in [2.75, 3.05) is 6.26 Å². The van der Waals surface area contributed by atoms with E-state index in [9.17, 15) is 0 Å². The third-order valence-electron chi connectivity index (χ3n) is 0.747. The topological polar surface area (TPSA) is 25.8 Å². The van der Waals surface area contributed by atoms with Crippen LogP contribution in [0.25, 0.3) is 0 Å². The maximum atomic E-state index is 4.01. The van der Waals surface area contributed by atoms with Gasteiger partial charge in [0.2, 0.25) is 0 Å². The lowest BCUT2D eigenvalue weighted by atomic mass is 10.7. The lowest BCUT2D eigenvalue weighted by Gasteiger charge is -1.91. The fourth-order valence-electron chi connectivity index (χ4n) is 0.392. The molecule has 0 bridgehead atoms. The van der Waals surface area contributed by atoms with Gasteiger partial charge in [-0.3, -0.25) is 0 Å². The van der Waals surface area contributed by atoms with Gasteiger partial charge in [-0.05, 0) is 12.3 Å². The predicted molar refractivity (Wildman–Crippen MR) is 39.9 cm³/mol. The Bertz CT molecular complexity index is 202. The van der Waals surface area contributed by atoms with E-state index in [2.05, 4.69) is 28.8 Å². The lowest BCUT2D eigenvalue weighted by Crippen LogP contribution is -1.83. The van der Waals surface area contributed by atoms with E-state index < -0.39 is 0 Å². The van der Waals surface area contributed by atoms with Crippen molar-refractivity contribution in [3.05, 3.63) is 12.3 Å². The molecule has 0 saturated heterocycles. The summed E-state index contributed by atoms with van der Waals surface area (Å²) in [6, 6.07) is 1.63. The molecule has 4 heteroatoms. The van der Waals surface area contributed by atoms with Crippen LogP contribution < -0.4 is 0 Å². The van der Waals surface area contributed by atoms with Crippen molar-refractivity contribution in [2.24, 2.45) is 0 Å². The van der Waals surface area contributed by atoms with Crippen LogP contribution in [-0.2, 0) is 0 Å². The second kappa shape index (κ2) is 3.08. The molecule has 0 aliphatic heterocycles. The van der Waals surface area contributed by atoms with Gasteiger partial charge >= 0.3 is 0 Å². The fraction of sp³-hybridized carbons (Fsp3) is 0.200. The molecule has 1 heterocycles. The van der Waals surface area contributed by atoms with Crippen LogP contribution in [0.3, 0.4) is 0 Å². The van der Waals surface area contributed by atoms with Crippen LogP contribution in [0.5, 0.6) is 0 Å². The van der Waals surface area contributed by atoms with Crippen LogP contribution in [0, 0.1) is 6.20 Å². The van der Waals surface area contributed by atoms with E-state index in [0.717, 1.165) is 0 Å². The Balaban J connectivity index is 2.94. The second-order valence-corrected chi connectivity index (χ2v) is 2.57. The van der Waals surface area contributed by atoms with Gasteiger partial charge in [0, 0.05) is 0 Å². The third-order valence-corrected chi connectivity index (χ3v) is 1.52. The van der Waals surface area contributed by atoms with Gasteiger partial charge < -0.3 is 0 Å². The first kappa shape index (κ1) is 6.89. The lowest BCUT2D eigenvalue weighted by molar-refractivity contribution is 0.891.